The number of methoxy groups -OCH3 is 1. The first-order valence-electron chi connectivity index (χ1n) is 7.54. The summed E-state index contributed by atoms with van der Waals surface area (Å²) in [6, 6.07) is 15.4. The molecule has 0 N–H and O–H groups in total. The molecule has 0 saturated heterocycles. The number of nitro groups is 1. The summed E-state index contributed by atoms with van der Waals surface area (Å²) in [5.41, 5.74) is 2.59. The van der Waals surface area contributed by atoms with Gasteiger partial charge >= 0.3 is 5.97 Å². The molecule has 0 saturated carbocycles. The highest BCUT2D eigenvalue weighted by Crippen LogP contribution is 2.37. The van der Waals surface area contributed by atoms with Crippen LogP contribution < -0.4 is 0 Å². The number of nitrogens with zero attached hydrogens (tertiary/aromatic N) is 2. The average molecular weight is 324 g/mol. The second kappa shape index (κ2) is 6.62. The maximum Gasteiger partial charge on any atom is 0.311 e. The maximum atomic E-state index is 12.1. The summed E-state index contributed by atoms with van der Waals surface area (Å²) < 4.78 is 4.91. The molecule has 122 valence electrons. The lowest BCUT2D eigenvalue weighted by molar-refractivity contribution is -0.384. The van der Waals surface area contributed by atoms with Crippen molar-refractivity contribution in [2.45, 2.75) is 12.5 Å². The smallest absolute Gasteiger partial charge is 0.311 e. The molecule has 1 heterocycles. The van der Waals surface area contributed by atoms with Crippen LogP contribution in [-0.4, -0.2) is 23.7 Å². The Morgan fingerprint density at radius 2 is 1.83 bits per heavy atom. The molecule has 3 rings (SSSR count). The molecule has 6 heteroatoms. The van der Waals surface area contributed by atoms with E-state index in [-0.39, 0.29) is 11.7 Å². The van der Waals surface area contributed by atoms with Gasteiger partial charge in [0.1, 0.15) is 0 Å². The van der Waals surface area contributed by atoms with E-state index in [0.717, 1.165) is 16.8 Å². The molecule has 24 heavy (non-hydrogen) atoms. The summed E-state index contributed by atoms with van der Waals surface area (Å²) in [4.78, 5) is 27.2. The van der Waals surface area contributed by atoms with Gasteiger partial charge in [-0.2, -0.15) is 0 Å². The van der Waals surface area contributed by atoms with Crippen molar-refractivity contribution in [3.8, 4) is 0 Å². The number of nitro benzene ring substituents is 1. The molecule has 0 spiro atoms. The second-order valence-electron chi connectivity index (χ2n) is 5.57. The van der Waals surface area contributed by atoms with E-state index in [2.05, 4.69) is 0 Å². The highest BCUT2D eigenvalue weighted by atomic mass is 16.6. The van der Waals surface area contributed by atoms with Crippen LogP contribution in [0.25, 0.3) is 0 Å². The Balaban J connectivity index is 1.96. The first-order chi connectivity index (χ1) is 11.6. The van der Waals surface area contributed by atoms with E-state index >= 15 is 0 Å². The van der Waals surface area contributed by atoms with Crippen LogP contribution in [0.1, 0.15) is 23.6 Å². The van der Waals surface area contributed by atoms with E-state index in [1.54, 1.807) is 12.1 Å². The Morgan fingerprint density at radius 1 is 1.17 bits per heavy atom. The molecule has 0 amide bonds. The van der Waals surface area contributed by atoms with Crippen molar-refractivity contribution in [3.63, 3.8) is 0 Å². The molecule has 2 unspecified atom stereocenters. The third kappa shape index (κ3) is 3.03. The quantitative estimate of drug-likeness (QED) is 0.491. The Bertz CT molecular complexity index is 784. The molecule has 0 aromatic heterocycles. The average Bonchev–Trinajstić information content (AvgIpc) is 3.07. The summed E-state index contributed by atoms with van der Waals surface area (Å²) in [7, 11) is 1.36. The van der Waals surface area contributed by atoms with Crippen LogP contribution in [0, 0.1) is 16.0 Å². The molecule has 2 atom stereocenters. The molecular weight excluding hydrogens is 308 g/mol. The van der Waals surface area contributed by atoms with Crippen LogP contribution in [0.2, 0.25) is 0 Å². The zero-order valence-corrected chi connectivity index (χ0v) is 13.1. The zero-order valence-electron chi connectivity index (χ0n) is 13.1. The topological polar surface area (TPSA) is 81.8 Å². The minimum atomic E-state index is -0.450. The van der Waals surface area contributed by atoms with Crippen LogP contribution in [-0.2, 0) is 9.53 Å². The number of esters is 1. The number of non-ortho nitro benzene ring substituents is 1. The van der Waals surface area contributed by atoms with E-state index in [4.69, 9.17) is 9.73 Å². The van der Waals surface area contributed by atoms with Crippen molar-refractivity contribution in [1.82, 2.24) is 0 Å². The van der Waals surface area contributed by atoms with E-state index < -0.39 is 16.9 Å². The van der Waals surface area contributed by atoms with Crippen LogP contribution in [0.15, 0.2) is 59.6 Å². The van der Waals surface area contributed by atoms with Crippen molar-refractivity contribution in [3.05, 3.63) is 75.8 Å². The SMILES string of the molecule is COC(=O)C1CC(c2ccccc2)=NC1c1ccc([N+](=O)[O-])cc1. The minimum Gasteiger partial charge on any atom is -0.469 e. The Kier molecular flexibility index (Phi) is 4.37. The molecule has 0 bridgehead atoms. The number of hydrogen-bond donors (Lipinski definition) is 0. The van der Waals surface area contributed by atoms with E-state index in [9.17, 15) is 14.9 Å². The van der Waals surface area contributed by atoms with Gasteiger partial charge in [-0.25, -0.2) is 0 Å². The predicted octanol–water partition coefficient (Wildman–Crippen LogP) is 3.32. The van der Waals surface area contributed by atoms with Crippen LogP contribution in [0.3, 0.4) is 0 Å². The third-order valence-electron chi connectivity index (χ3n) is 4.15. The lowest BCUT2D eigenvalue weighted by atomic mass is 9.91. The molecule has 6 nitrogen and oxygen atoms in total. The van der Waals surface area contributed by atoms with Gasteiger partial charge in [-0.05, 0) is 11.1 Å². The Morgan fingerprint density at radius 3 is 2.42 bits per heavy atom. The Labute approximate surface area is 138 Å². The van der Waals surface area contributed by atoms with Crippen LogP contribution in [0.4, 0.5) is 5.69 Å². The summed E-state index contributed by atoms with van der Waals surface area (Å²) in [6.45, 7) is 0. The minimum absolute atomic E-state index is 0.0126. The fraction of sp³-hybridized carbons (Fsp3) is 0.222. The van der Waals surface area contributed by atoms with Gasteiger partial charge in [-0.15, -0.1) is 0 Å². The summed E-state index contributed by atoms with van der Waals surface area (Å²) in [5.74, 6) is -0.750. The fourth-order valence-corrected chi connectivity index (χ4v) is 2.92. The van der Waals surface area contributed by atoms with Gasteiger partial charge in [0.2, 0.25) is 0 Å². The number of rotatable bonds is 4. The number of benzene rings is 2. The van der Waals surface area contributed by atoms with Crippen molar-refractivity contribution < 1.29 is 14.5 Å². The molecule has 0 aliphatic carbocycles. The predicted molar refractivity (Wildman–Crippen MR) is 88.9 cm³/mol. The van der Waals surface area contributed by atoms with E-state index in [1.165, 1.54) is 19.2 Å². The normalized spacial score (nSPS) is 19.6. The lowest BCUT2D eigenvalue weighted by Gasteiger charge is -2.15. The van der Waals surface area contributed by atoms with E-state index in [1.807, 2.05) is 30.3 Å². The van der Waals surface area contributed by atoms with Crippen molar-refractivity contribution in [1.29, 1.82) is 0 Å². The summed E-state index contributed by atoms with van der Waals surface area (Å²) >= 11 is 0. The summed E-state index contributed by atoms with van der Waals surface area (Å²) in [5, 5.41) is 10.8. The van der Waals surface area contributed by atoms with Gasteiger partial charge in [0.15, 0.2) is 0 Å². The summed E-state index contributed by atoms with van der Waals surface area (Å²) in [6.07, 6.45) is 0.484. The van der Waals surface area contributed by atoms with Gasteiger partial charge in [0, 0.05) is 24.3 Å². The standard InChI is InChI=1S/C18H16N2O4/c1-24-18(21)15-11-16(12-5-3-2-4-6-12)19-17(15)13-7-9-14(10-8-13)20(22)23/h2-10,15,17H,11H2,1H3. The van der Waals surface area contributed by atoms with Gasteiger partial charge in [-0.1, -0.05) is 42.5 Å². The molecule has 2 aromatic carbocycles. The highest BCUT2D eigenvalue weighted by molar-refractivity contribution is 6.04. The maximum absolute atomic E-state index is 12.1. The van der Waals surface area contributed by atoms with Gasteiger partial charge in [-0.3, -0.25) is 19.9 Å². The largest absolute Gasteiger partial charge is 0.469 e. The zero-order chi connectivity index (χ0) is 17.1. The highest BCUT2D eigenvalue weighted by Gasteiger charge is 2.37. The molecule has 0 fully saturated rings. The second-order valence-corrected chi connectivity index (χ2v) is 5.57. The van der Waals surface area contributed by atoms with Crippen molar-refractivity contribution in [2.75, 3.05) is 7.11 Å². The fourth-order valence-electron chi connectivity index (χ4n) is 2.92. The van der Waals surface area contributed by atoms with Gasteiger partial charge in [0.25, 0.3) is 5.69 Å². The van der Waals surface area contributed by atoms with Crippen molar-refractivity contribution in [2.24, 2.45) is 10.9 Å². The first-order valence-corrected chi connectivity index (χ1v) is 7.54. The molecule has 1 aliphatic heterocycles. The molecule has 2 aromatic rings. The number of aliphatic imine (C=N–C) groups is 1. The number of carbonyl (C=O) groups is 1. The number of carbonyl (C=O) groups excluding carboxylic acids is 1. The molecule has 0 radical (unpaired) electrons. The van der Waals surface area contributed by atoms with Crippen LogP contribution in [0.5, 0.6) is 0 Å². The monoisotopic (exact) mass is 324 g/mol. The first kappa shape index (κ1) is 15.9. The van der Waals surface area contributed by atoms with Gasteiger partial charge in [0.05, 0.1) is 24.0 Å². The lowest BCUT2D eigenvalue weighted by Crippen LogP contribution is -2.20. The molecule has 1 aliphatic rings. The number of ether oxygens (including phenoxy) is 1. The number of hydrogen-bond acceptors (Lipinski definition) is 5. The Hall–Kier alpha value is -3.02. The molecular formula is C18H16N2O4. The van der Waals surface area contributed by atoms with Gasteiger partial charge < -0.3 is 4.74 Å². The van der Waals surface area contributed by atoms with Crippen molar-refractivity contribution >= 4 is 17.4 Å². The third-order valence-corrected chi connectivity index (χ3v) is 4.15. The van der Waals surface area contributed by atoms with E-state index in [0.29, 0.717) is 6.42 Å². The van der Waals surface area contributed by atoms with Crippen LogP contribution >= 0.6 is 0 Å².